The third-order valence-corrected chi connectivity index (χ3v) is 11.3. The molecule has 23 heavy (non-hydrogen) atoms. The van der Waals surface area contributed by atoms with Gasteiger partial charge in [-0.1, -0.05) is 60.6 Å². The Morgan fingerprint density at radius 2 is 1.57 bits per heavy atom. The van der Waals surface area contributed by atoms with Gasteiger partial charge in [0.05, 0.1) is 6.10 Å². The molecule has 0 fully saturated rings. The highest BCUT2D eigenvalue weighted by Gasteiger charge is 2.45. The van der Waals surface area contributed by atoms with E-state index in [4.69, 9.17) is 4.43 Å². The van der Waals surface area contributed by atoms with Gasteiger partial charge >= 0.3 is 0 Å². The highest BCUT2D eigenvalue weighted by molar-refractivity contribution is 6.77. The molecule has 0 amide bonds. The van der Waals surface area contributed by atoms with Crippen LogP contribution in [0.5, 0.6) is 0 Å². The quantitative estimate of drug-likeness (QED) is 0.364. The van der Waals surface area contributed by atoms with Gasteiger partial charge in [-0.15, -0.1) is 6.58 Å². The second-order valence-electron chi connectivity index (χ2n) is 7.75. The molecule has 0 radical (unpaired) electrons. The summed E-state index contributed by atoms with van der Waals surface area (Å²) in [5, 5.41) is 10.1. The van der Waals surface area contributed by atoms with Gasteiger partial charge < -0.3 is 9.53 Å². The van der Waals surface area contributed by atoms with Crippen LogP contribution in [0.25, 0.3) is 0 Å². The first kappa shape index (κ1) is 22.6. The molecule has 0 rings (SSSR count). The average molecular weight is 341 g/mol. The van der Waals surface area contributed by atoms with Gasteiger partial charge in [0.1, 0.15) is 0 Å². The molecule has 0 saturated carbocycles. The van der Waals surface area contributed by atoms with Crippen LogP contribution in [0.3, 0.4) is 0 Å². The van der Waals surface area contributed by atoms with Crippen LogP contribution in [0.15, 0.2) is 24.3 Å². The molecule has 2 atom stereocenters. The first-order valence-corrected chi connectivity index (χ1v) is 11.4. The summed E-state index contributed by atoms with van der Waals surface area (Å²) < 4.78 is 6.70. The van der Waals surface area contributed by atoms with Gasteiger partial charge in [0, 0.05) is 6.61 Å². The first-order valence-electron chi connectivity index (χ1n) is 9.24. The van der Waals surface area contributed by atoms with Gasteiger partial charge in [0.25, 0.3) is 0 Å². The minimum absolute atomic E-state index is 0.373. The average Bonchev–Trinajstić information content (AvgIpc) is 2.45. The molecule has 0 aromatic rings. The fraction of sp³-hybridized carbons (Fsp3) is 0.800. The minimum atomic E-state index is -1.81. The fourth-order valence-corrected chi connectivity index (χ4v) is 9.36. The number of aliphatic hydroxyl groups excluding tert-OH is 1. The van der Waals surface area contributed by atoms with E-state index < -0.39 is 14.4 Å². The third-order valence-electron chi connectivity index (χ3n) is 5.19. The maximum Gasteiger partial charge on any atom is 0.200 e. The van der Waals surface area contributed by atoms with Gasteiger partial charge in [0.15, 0.2) is 8.32 Å². The van der Waals surface area contributed by atoms with Crippen molar-refractivity contribution in [3.63, 3.8) is 0 Å². The number of hydrogen-bond acceptors (Lipinski definition) is 2. The van der Waals surface area contributed by atoms with Gasteiger partial charge in [-0.3, -0.25) is 0 Å². The molecular formula is C20H40O2Si. The molecule has 0 spiro atoms. The Hall–Kier alpha value is -0.383. The lowest BCUT2D eigenvalue weighted by Gasteiger charge is -2.42. The van der Waals surface area contributed by atoms with Crippen molar-refractivity contribution in [2.45, 2.75) is 91.0 Å². The first-order chi connectivity index (χ1) is 10.6. The van der Waals surface area contributed by atoms with E-state index in [1.807, 2.05) is 6.92 Å². The monoisotopic (exact) mass is 340 g/mol. The second-order valence-corrected chi connectivity index (χ2v) is 13.2. The summed E-state index contributed by atoms with van der Waals surface area (Å²) in [6.07, 6.45) is 5.21. The van der Waals surface area contributed by atoms with Crippen molar-refractivity contribution >= 4 is 8.32 Å². The maximum atomic E-state index is 10.1. The van der Waals surface area contributed by atoms with Gasteiger partial charge in [-0.25, -0.2) is 0 Å². The highest BCUT2D eigenvalue weighted by atomic mass is 28.4. The Morgan fingerprint density at radius 3 is 1.91 bits per heavy atom. The molecule has 0 bridgehead atoms. The number of aliphatic hydroxyl groups is 1. The molecule has 2 nitrogen and oxygen atoms in total. The van der Waals surface area contributed by atoms with Crippen molar-refractivity contribution in [1.29, 1.82) is 0 Å². The van der Waals surface area contributed by atoms with Crippen LogP contribution in [0, 0.1) is 5.92 Å². The standard InChI is InChI=1S/C20H40O2Si/c1-10-12-20(21)18(9)13-19(11-2)14-22-23(15(3)4,16(5)6)17(7)8/h10,13,15-17,19-21H,1,11-12,14H2,2-9H3/b18-13-/t19-,20+/m1/s1. The van der Waals surface area contributed by atoms with Crippen LogP contribution in [-0.4, -0.2) is 26.1 Å². The van der Waals surface area contributed by atoms with Crippen molar-refractivity contribution in [2.24, 2.45) is 5.92 Å². The lowest BCUT2D eigenvalue weighted by Crippen LogP contribution is -2.48. The van der Waals surface area contributed by atoms with Crippen molar-refractivity contribution in [3.8, 4) is 0 Å². The van der Waals surface area contributed by atoms with Crippen LogP contribution in [0.1, 0.15) is 68.2 Å². The number of hydrogen-bond donors (Lipinski definition) is 1. The lowest BCUT2D eigenvalue weighted by molar-refractivity contribution is 0.209. The van der Waals surface area contributed by atoms with E-state index in [1.54, 1.807) is 6.08 Å². The van der Waals surface area contributed by atoms with E-state index in [9.17, 15) is 5.11 Å². The summed E-state index contributed by atoms with van der Waals surface area (Å²) in [5.41, 5.74) is 2.86. The molecular weight excluding hydrogens is 300 g/mol. The van der Waals surface area contributed by atoms with E-state index in [1.165, 1.54) is 0 Å². The van der Waals surface area contributed by atoms with Crippen molar-refractivity contribution in [2.75, 3.05) is 6.61 Å². The molecule has 0 saturated heterocycles. The topological polar surface area (TPSA) is 29.5 Å². The summed E-state index contributed by atoms with van der Waals surface area (Å²) in [5.74, 6) is 0.373. The number of rotatable bonds is 11. The van der Waals surface area contributed by atoms with Crippen molar-refractivity contribution in [3.05, 3.63) is 24.3 Å². The minimum Gasteiger partial charge on any atom is -0.415 e. The maximum absolute atomic E-state index is 10.1. The van der Waals surface area contributed by atoms with Gasteiger partial charge in [-0.05, 0) is 47.9 Å². The fourth-order valence-electron chi connectivity index (χ4n) is 3.86. The summed E-state index contributed by atoms with van der Waals surface area (Å²) in [4.78, 5) is 0. The van der Waals surface area contributed by atoms with E-state index in [0.29, 0.717) is 29.0 Å². The molecule has 0 aromatic carbocycles. The van der Waals surface area contributed by atoms with Crippen LogP contribution in [0.4, 0.5) is 0 Å². The SMILES string of the molecule is C=CC[C@H](O)/C(C)=C\[C@@H](CC)CO[Si](C(C)C)(C(C)C)C(C)C. The molecule has 1 N–H and O–H groups in total. The zero-order chi connectivity index (χ0) is 18.2. The second kappa shape index (κ2) is 10.5. The molecule has 0 unspecified atom stereocenters. The summed E-state index contributed by atoms with van der Waals surface area (Å²) in [6, 6.07) is 0. The van der Waals surface area contributed by atoms with Crippen molar-refractivity contribution in [1.82, 2.24) is 0 Å². The van der Waals surface area contributed by atoms with E-state index >= 15 is 0 Å². The highest BCUT2D eigenvalue weighted by Crippen LogP contribution is 2.42. The third kappa shape index (κ3) is 6.20. The molecule has 136 valence electrons. The molecule has 0 aliphatic carbocycles. The van der Waals surface area contributed by atoms with Gasteiger partial charge in [-0.2, -0.15) is 0 Å². The largest absolute Gasteiger partial charge is 0.415 e. The smallest absolute Gasteiger partial charge is 0.200 e. The normalized spacial score (nSPS) is 16.3. The Kier molecular flexibility index (Phi) is 10.3. The van der Waals surface area contributed by atoms with E-state index in [-0.39, 0.29) is 0 Å². The molecule has 0 aromatic heterocycles. The predicted molar refractivity (Wildman–Crippen MR) is 105 cm³/mol. The summed E-state index contributed by atoms with van der Waals surface area (Å²) in [6.45, 7) is 22.6. The van der Waals surface area contributed by atoms with Crippen LogP contribution in [-0.2, 0) is 4.43 Å². The zero-order valence-corrected chi connectivity index (χ0v) is 17.7. The van der Waals surface area contributed by atoms with Crippen LogP contribution >= 0.6 is 0 Å². The molecule has 3 heteroatoms. The van der Waals surface area contributed by atoms with E-state index in [0.717, 1.165) is 18.6 Å². The summed E-state index contributed by atoms with van der Waals surface area (Å²) >= 11 is 0. The summed E-state index contributed by atoms with van der Waals surface area (Å²) in [7, 11) is -1.81. The predicted octanol–water partition coefficient (Wildman–Crippen LogP) is 6.09. The molecule has 0 aliphatic rings. The van der Waals surface area contributed by atoms with E-state index in [2.05, 4.69) is 61.1 Å². The van der Waals surface area contributed by atoms with Crippen molar-refractivity contribution < 1.29 is 9.53 Å². The Balaban J connectivity index is 5.12. The van der Waals surface area contributed by atoms with Gasteiger partial charge in [0.2, 0.25) is 0 Å². The van der Waals surface area contributed by atoms with Crippen LogP contribution < -0.4 is 0 Å². The molecule has 0 heterocycles. The zero-order valence-electron chi connectivity index (χ0n) is 16.7. The Morgan fingerprint density at radius 1 is 1.09 bits per heavy atom. The lowest BCUT2D eigenvalue weighted by atomic mass is 10.0. The molecule has 0 aliphatic heterocycles. The van der Waals surface area contributed by atoms with Crippen LogP contribution in [0.2, 0.25) is 16.6 Å². The Bertz CT molecular complexity index is 350. The Labute approximate surface area is 146 Å².